The second-order valence-electron chi connectivity index (χ2n) is 4.30. The fourth-order valence-corrected chi connectivity index (χ4v) is 2.09. The standard InChI is InChI=1S/C15H10FNO2/c16-10-4-5-12-13(15(19)17-14(12)8-10)7-9-2-1-3-11(18)6-9/h1-8,18H,(H,17,19)/b13-7+. The monoisotopic (exact) mass is 255 g/mol. The van der Waals surface area contributed by atoms with Crippen LogP contribution in [0, 0.1) is 5.82 Å². The highest BCUT2D eigenvalue weighted by molar-refractivity contribution is 6.34. The Labute approximate surface area is 109 Å². The summed E-state index contributed by atoms with van der Waals surface area (Å²) >= 11 is 0. The van der Waals surface area contributed by atoms with Crippen LogP contribution in [0.2, 0.25) is 0 Å². The quantitative estimate of drug-likeness (QED) is 0.769. The van der Waals surface area contributed by atoms with E-state index in [2.05, 4.69) is 5.32 Å². The molecule has 0 aromatic heterocycles. The Morgan fingerprint density at radius 1 is 1.16 bits per heavy atom. The Hall–Kier alpha value is -2.62. The van der Waals surface area contributed by atoms with E-state index >= 15 is 0 Å². The molecule has 4 heteroatoms. The highest BCUT2D eigenvalue weighted by Crippen LogP contribution is 2.33. The molecular formula is C15H10FNO2. The molecule has 1 amide bonds. The van der Waals surface area contributed by atoms with Crippen molar-refractivity contribution in [1.29, 1.82) is 0 Å². The van der Waals surface area contributed by atoms with Crippen LogP contribution in [0.15, 0.2) is 42.5 Å². The first kappa shape index (κ1) is 11.5. The summed E-state index contributed by atoms with van der Waals surface area (Å²) in [6, 6.07) is 10.8. The van der Waals surface area contributed by atoms with Crippen LogP contribution in [-0.2, 0) is 4.79 Å². The molecule has 0 saturated carbocycles. The largest absolute Gasteiger partial charge is 0.508 e. The molecule has 1 heterocycles. The number of halogens is 1. The molecule has 19 heavy (non-hydrogen) atoms. The van der Waals surface area contributed by atoms with Crippen LogP contribution in [0.5, 0.6) is 5.75 Å². The molecule has 0 saturated heterocycles. The van der Waals surface area contributed by atoms with Crippen molar-refractivity contribution in [1.82, 2.24) is 0 Å². The van der Waals surface area contributed by atoms with Gasteiger partial charge >= 0.3 is 0 Å². The van der Waals surface area contributed by atoms with Crippen molar-refractivity contribution in [3.05, 3.63) is 59.4 Å². The normalized spacial score (nSPS) is 15.4. The molecule has 1 aliphatic heterocycles. The van der Waals surface area contributed by atoms with Gasteiger partial charge in [-0.05, 0) is 42.0 Å². The highest BCUT2D eigenvalue weighted by atomic mass is 19.1. The second-order valence-corrected chi connectivity index (χ2v) is 4.30. The highest BCUT2D eigenvalue weighted by Gasteiger charge is 2.24. The van der Waals surface area contributed by atoms with Gasteiger partial charge in [0.15, 0.2) is 0 Å². The Morgan fingerprint density at radius 2 is 2.00 bits per heavy atom. The molecule has 2 N–H and O–H groups in total. The maximum atomic E-state index is 13.1. The zero-order valence-electron chi connectivity index (χ0n) is 9.85. The lowest BCUT2D eigenvalue weighted by atomic mass is 10.0. The zero-order valence-corrected chi connectivity index (χ0v) is 9.85. The van der Waals surface area contributed by atoms with Crippen LogP contribution in [-0.4, -0.2) is 11.0 Å². The number of nitrogens with one attached hydrogen (secondary N) is 1. The van der Waals surface area contributed by atoms with Gasteiger partial charge < -0.3 is 10.4 Å². The van der Waals surface area contributed by atoms with Gasteiger partial charge in [-0.15, -0.1) is 0 Å². The number of hydrogen-bond donors (Lipinski definition) is 2. The summed E-state index contributed by atoms with van der Waals surface area (Å²) < 4.78 is 13.1. The van der Waals surface area contributed by atoms with E-state index in [-0.39, 0.29) is 11.7 Å². The molecule has 2 aromatic rings. The third-order valence-electron chi connectivity index (χ3n) is 2.95. The van der Waals surface area contributed by atoms with Crippen LogP contribution < -0.4 is 5.32 Å². The SMILES string of the molecule is O=C1Nc2cc(F)ccc2/C1=C\c1cccc(O)c1. The molecule has 0 fully saturated rings. The topological polar surface area (TPSA) is 49.3 Å². The minimum Gasteiger partial charge on any atom is -0.508 e. The van der Waals surface area contributed by atoms with Crippen molar-refractivity contribution < 1.29 is 14.3 Å². The van der Waals surface area contributed by atoms with Gasteiger partial charge in [-0.2, -0.15) is 0 Å². The van der Waals surface area contributed by atoms with E-state index < -0.39 is 5.82 Å². The summed E-state index contributed by atoms with van der Waals surface area (Å²) in [5, 5.41) is 12.0. The average Bonchev–Trinajstić information content (AvgIpc) is 2.65. The second kappa shape index (κ2) is 4.24. The van der Waals surface area contributed by atoms with Gasteiger partial charge in [0.05, 0.1) is 5.69 Å². The number of fused-ring (bicyclic) bond motifs is 1. The predicted molar refractivity (Wildman–Crippen MR) is 71.0 cm³/mol. The zero-order chi connectivity index (χ0) is 13.4. The fourth-order valence-electron chi connectivity index (χ4n) is 2.09. The van der Waals surface area contributed by atoms with E-state index in [9.17, 15) is 14.3 Å². The molecular weight excluding hydrogens is 245 g/mol. The number of carbonyl (C=O) groups is 1. The summed E-state index contributed by atoms with van der Waals surface area (Å²) in [5.74, 6) is -0.534. The lowest BCUT2D eigenvalue weighted by Crippen LogP contribution is -2.03. The number of hydrogen-bond acceptors (Lipinski definition) is 2. The number of aromatic hydroxyl groups is 1. The Morgan fingerprint density at radius 3 is 2.79 bits per heavy atom. The van der Waals surface area contributed by atoms with Crippen LogP contribution >= 0.6 is 0 Å². The molecule has 3 rings (SSSR count). The summed E-state index contributed by atoms with van der Waals surface area (Å²) in [5.41, 5.74) is 2.30. The average molecular weight is 255 g/mol. The molecule has 94 valence electrons. The third-order valence-corrected chi connectivity index (χ3v) is 2.95. The number of phenols is 1. The summed E-state index contributed by atoms with van der Waals surface area (Å²) in [7, 11) is 0. The number of carbonyl (C=O) groups excluding carboxylic acids is 1. The summed E-state index contributed by atoms with van der Waals surface area (Å²) in [6.07, 6.45) is 1.67. The first-order valence-corrected chi connectivity index (χ1v) is 5.75. The van der Waals surface area contributed by atoms with Gasteiger partial charge in [-0.25, -0.2) is 4.39 Å². The van der Waals surface area contributed by atoms with Crippen molar-refractivity contribution in [2.24, 2.45) is 0 Å². The lowest BCUT2D eigenvalue weighted by molar-refractivity contribution is -0.110. The van der Waals surface area contributed by atoms with E-state index in [1.165, 1.54) is 12.1 Å². The fraction of sp³-hybridized carbons (Fsp3) is 0. The minimum absolute atomic E-state index is 0.132. The Bertz CT molecular complexity index is 707. The molecule has 0 bridgehead atoms. The van der Waals surface area contributed by atoms with E-state index in [1.54, 1.807) is 36.4 Å². The molecule has 0 atom stereocenters. The first-order valence-electron chi connectivity index (χ1n) is 5.75. The third kappa shape index (κ3) is 2.08. The molecule has 0 unspecified atom stereocenters. The van der Waals surface area contributed by atoms with Gasteiger partial charge in [-0.1, -0.05) is 12.1 Å². The van der Waals surface area contributed by atoms with Crippen molar-refractivity contribution in [3.8, 4) is 5.75 Å². The van der Waals surface area contributed by atoms with Gasteiger partial charge in [0.25, 0.3) is 5.91 Å². The number of amides is 1. The lowest BCUT2D eigenvalue weighted by Gasteiger charge is -1.99. The van der Waals surface area contributed by atoms with Crippen LogP contribution in [0.1, 0.15) is 11.1 Å². The first-order chi connectivity index (χ1) is 9.13. The maximum absolute atomic E-state index is 13.1. The van der Waals surface area contributed by atoms with Crippen molar-refractivity contribution in [3.63, 3.8) is 0 Å². The van der Waals surface area contributed by atoms with E-state index in [4.69, 9.17) is 0 Å². The maximum Gasteiger partial charge on any atom is 0.256 e. The van der Waals surface area contributed by atoms with E-state index in [0.717, 1.165) is 0 Å². The number of anilines is 1. The van der Waals surface area contributed by atoms with Crippen molar-refractivity contribution >= 4 is 23.2 Å². The molecule has 1 aliphatic rings. The molecule has 0 radical (unpaired) electrons. The van der Waals surface area contributed by atoms with Crippen molar-refractivity contribution in [2.75, 3.05) is 5.32 Å². The molecule has 0 aliphatic carbocycles. The van der Waals surface area contributed by atoms with Crippen molar-refractivity contribution in [2.45, 2.75) is 0 Å². The van der Waals surface area contributed by atoms with Gasteiger partial charge in [0.1, 0.15) is 11.6 Å². The number of phenolic OH excluding ortho intramolecular Hbond substituents is 1. The number of rotatable bonds is 1. The number of benzene rings is 2. The van der Waals surface area contributed by atoms with Gasteiger partial charge in [0, 0.05) is 11.1 Å². The Balaban J connectivity index is 2.09. The molecule has 0 spiro atoms. The van der Waals surface area contributed by atoms with E-state index in [1.807, 2.05) is 0 Å². The predicted octanol–water partition coefficient (Wildman–Crippen LogP) is 3.02. The van der Waals surface area contributed by atoms with Crippen LogP contribution in [0.3, 0.4) is 0 Å². The Kier molecular flexibility index (Phi) is 2.56. The van der Waals surface area contributed by atoms with Crippen LogP contribution in [0.25, 0.3) is 11.6 Å². The minimum atomic E-state index is -0.391. The van der Waals surface area contributed by atoms with E-state index in [0.29, 0.717) is 22.4 Å². The molecule has 2 aromatic carbocycles. The summed E-state index contributed by atoms with van der Waals surface area (Å²) in [4.78, 5) is 11.9. The van der Waals surface area contributed by atoms with Gasteiger partial charge in [0.2, 0.25) is 0 Å². The van der Waals surface area contributed by atoms with Gasteiger partial charge in [-0.3, -0.25) is 4.79 Å². The molecule has 3 nitrogen and oxygen atoms in total. The smallest absolute Gasteiger partial charge is 0.256 e. The van der Waals surface area contributed by atoms with Crippen LogP contribution in [0.4, 0.5) is 10.1 Å². The summed E-state index contributed by atoms with van der Waals surface area (Å²) in [6.45, 7) is 0.